The van der Waals surface area contributed by atoms with Gasteiger partial charge in [0.05, 0.1) is 6.61 Å². The van der Waals surface area contributed by atoms with Crippen molar-refractivity contribution in [2.45, 2.75) is 70.0 Å². The predicted molar refractivity (Wildman–Crippen MR) is 102 cm³/mol. The Hall–Kier alpha value is -0.903. The van der Waals surface area contributed by atoms with Crippen LogP contribution in [0.2, 0.25) is 18.1 Å². The molecular weight excluding hydrogens is 334 g/mol. The molecule has 0 N–H and O–H groups in total. The fourth-order valence-electron chi connectivity index (χ4n) is 4.96. The van der Waals surface area contributed by atoms with E-state index in [-0.39, 0.29) is 8.80 Å². The molecule has 1 aromatic carbocycles. The first-order valence-corrected chi connectivity index (χ1v) is 12.7. The minimum atomic E-state index is -0.830. The van der Waals surface area contributed by atoms with Crippen molar-refractivity contribution in [2.75, 3.05) is 6.61 Å². The van der Waals surface area contributed by atoms with Crippen LogP contribution in [0.25, 0.3) is 0 Å². The summed E-state index contributed by atoms with van der Waals surface area (Å²) >= 11 is 0. The summed E-state index contributed by atoms with van der Waals surface area (Å²) in [5.74, 6) is 1.27. The Morgan fingerprint density at radius 3 is 2.28 bits per heavy atom. The monoisotopic (exact) mass is 366 g/mol. The average molecular weight is 367 g/mol. The molecular formula is C21H32F2OSi. The lowest BCUT2D eigenvalue weighted by Gasteiger charge is -2.37. The smallest absolute Gasteiger partial charge is 0.162 e. The number of ether oxygens (including phenoxy) is 1. The fraction of sp³-hybridized carbons (Fsp3) is 0.714. The second kappa shape index (κ2) is 9.16. The van der Waals surface area contributed by atoms with Crippen molar-refractivity contribution in [1.29, 1.82) is 0 Å². The van der Waals surface area contributed by atoms with E-state index in [1.807, 2.05) is 0 Å². The highest BCUT2D eigenvalue weighted by Crippen LogP contribution is 2.41. The van der Waals surface area contributed by atoms with E-state index < -0.39 is 11.6 Å². The molecule has 4 heteroatoms. The first-order chi connectivity index (χ1) is 12.2. The number of benzene rings is 1. The Bertz CT molecular complexity index is 535. The molecule has 1 heterocycles. The molecule has 0 unspecified atom stereocenters. The fourth-order valence-corrected chi connectivity index (χ4v) is 8.45. The molecule has 2 aliphatic rings. The van der Waals surface area contributed by atoms with Gasteiger partial charge in [0.25, 0.3) is 0 Å². The van der Waals surface area contributed by atoms with Crippen molar-refractivity contribution in [1.82, 2.24) is 0 Å². The first-order valence-electron chi connectivity index (χ1n) is 10.2. The maximum absolute atomic E-state index is 13.2. The number of rotatable bonds is 6. The minimum Gasteiger partial charge on any atom is -0.493 e. The lowest BCUT2D eigenvalue weighted by atomic mass is 9.74. The van der Waals surface area contributed by atoms with Gasteiger partial charge < -0.3 is 4.74 Å². The highest BCUT2D eigenvalue weighted by atomic mass is 28.3. The van der Waals surface area contributed by atoms with Crippen molar-refractivity contribution >= 4 is 8.80 Å². The first kappa shape index (κ1) is 18.9. The zero-order valence-corrected chi connectivity index (χ0v) is 16.6. The standard InChI is InChI=1S/C21H32F2OSi/c1-2-11-25-12-9-18(10-13-25)17-5-3-16(4-6-17)15-24-19-7-8-20(22)21(23)14-19/h7-8,14,16-18,25H,2-6,9-13,15H2,1H3/t16-,17-,18-,25-. The minimum absolute atomic E-state index is 0.363. The molecule has 1 aliphatic heterocycles. The van der Waals surface area contributed by atoms with Gasteiger partial charge in [0, 0.05) is 14.9 Å². The van der Waals surface area contributed by atoms with Crippen LogP contribution in [-0.4, -0.2) is 15.4 Å². The molecule has 0 amide bonds. The van der Waals surface area contributed by atoms with Crippen LogP contribution in [0.15, 0.2) is 18.2 Å². The van der Waals surface area contributed by atoms with Crippen LogP contribution in [0, 0.1) is 29.4 Å². The molecule has 0 aromatic heterocycles. The Morgan fingerprint density at radius 1 is 0.960 bits per heavy atom. The van der Waals surface area contributed by atoms with E-state index in [1.54, 1.807) is 18.1 Å². The third kappa shape index (κ3) is 5.29. The van der Waals surface area contributed by atoms with Crippen molar-refractivity contribution in [2.24, 2.45) is 17.8 Å². The summed E-state index contributed by atoms with van der Waals surface area (Å²) in [5.41, 5.74) is 0. The predicted octanol–water partition coefficient (Wildman–Crippen LogP) is 6.20. The quantitative estimate of drug-likeness (QED) is 0.545. The highest BCUT2D eigenvalue weighted by Gasteiger charge is 2.31. The van der Waals surface area contributed by atoms with Crippen LogP contribution in [0.5, 0.6) is 5.75 Å². The summed E-state index contributed by atoms with van der Waals surface area (Å²) in [6.45, 7) is 2.97. The van der Waals surface area contributed by atoms with Gasteiger partial charge in [-0.1, -0.05) is 44.3 Å². The van der Waals surface area contributed by atoms with Gasteiger partial charge in [-0.2, -0.15) is 0 Å². The zero-order chi connectivity index (χ0) is 17.6. The Labute approximate surface area is 152 Å². The van der Waals surface area contributed by atoms with Crippen molar-refractivity contribution in [3.05, 3.63) is 29.8 Å². The Balaban J connectivity index is 1.38. The van der Waals surface area contributed by atoms with Crippen LogP contribution in [-0.2, 0) is 0 Å². The average Bonchev–Trinajstić information content (AvgIpc) is 2.64. The number of hydrogen-bond donors (Lipinski definition) is 0. The summed E-state index contributed by atoms with van der Waals surface area (Å²) in [5, 5.41) is 0. The van der Waals surface area contributed by atoms with Crippen LogP contribution < -0.4 is 4.74 Å². The summed E-state index contributed by atoms with van der Waals surface area (Å²) < 4.78 is 31.9. The largest absolute Gasteiger partial charge is 0.493 e. The van der Waals surface area contributed by atoms with E-state index in [2.05, 4.69) is 6.92 Å². The molecule has 0 atom stereocenters. The topological polar surface area (TPSA) is 9.23 Å². The van der Waals surface area contributed by atoms with Gasteiger partial charge in [0.2, 0.25) is 0 Å². The molecule has 1 nitrogen and oxygen atoms in total. The van der Waals surface area contributed by atoms with Gasteiger partial charge in [-0.25, -0.2) is 8.78 Å². The maximum Gasteiger partial charge on any atom is 0.162 e. The molecule has 0 radical (unpaired) electrons. The van der Waals surface area contributed by atoms with Gasteiger partial charge in [-0.15, -0.1) is 0 Å². The SMILES string of the molecule is CCC[Si@H]1CC[C@H]([C@H]2CC[C@H](COc3ccc(F)c(F)c3)CC2)CC1. The van der Waals surface area contributed by atoms with E-state index in [0.717, 1.165) is 24.0 Å². The van der Waals surface area contributed by atoms with Crippen LogP contribution in [0.1, 0.15) is 51.9 Å². The lowest BCUT2D eigenvalue weighted by Crippen LogP contribution is -2.29. The second-order valence-electron chi connectivity index (χ2n) is 8.24. The third-order valence-corrected chi connectivity index (χ3v) is 10.2. The molecule has 0 spiro atoms. The van der Waals surface area contributed by atoms with Gasteiger partial charge in [0.1, 0.15) is 5.75 Å². The molecule has 3 rings (SSSR count). The normalized spacial score (nSPS) is 30.2. The highest BCUT2D eigenvalue weighted by molar-refractivity contribution is 6.58. The molecule has 1 aromatic rings. The molecule has 1 saturated carbocycles. The van der Waals surface area contributed by atoms with Crippen molar-refractivity contribution in [3.8, 4) is 5.75 Å². The Morgan fingerprint density at radius 2 is 1.64 bits per heavy atom. The molecule has 1 saturated heterocycles. The summed E-state index contributed by atoms with van der Waals surface area (Å²) in [7, 11) is -0.363. The van der Waals surface area contributed by atoms with Crippen molar-refractivity contribution < 1.29 is 13.5 Å². The lowest BCUT2D eigenvalue weighted by molar-refractivity contribution is 0.147. The Kier molecular flexibility index (Phi) is 6.91. The maximum atomic E-state index is 13.2. The third-order valence-electron chi connectivity index (χ3n) is 6.52. The number of halogens is 2. The van der Waals surface area contributed by atoms with Gasteiger partial charge in [-0.3, -0.25) is 0 Å². The van der Waals surface area contributed by atoms with Crippen LogP contribution >= 0.6 is 0 Å². The van der Waals surface area contributed by atoms with Crippen molar-refractivity contribution in [3.63, 3.8) is 0 Å². The van der Waals surface area contributed by atoms with Gasteiger partial charge in [0.15, 0.2) is 11.6 Å². The van der Waals surface area contributed by atoms with E-state index in [1.165, 1.54) is 51.0 Å². The molecule has 1 aliphatic carbocycles. The summed E-state index contributed by atoms with van der Waals surface area (Å²) in [4.78, 5) is 0. The summed E-state index contributed by atoms with van der Waals surface area (Å²) in [6, 6.07) is 8.53. The molecule has 140 valence electrons. The summed E-state index contributed by atoms with van der Waals surface area (Å²) in [6.07, 6.45) is 9.49. The van der Waals surface area contributed by atoms with E-state index in [9.17, 15) is 8.78 Å². The molecule has 25 heavy (non-hydrogen) atoms. The van der Waals surface area contributed by atoms with Gasteiger partial charge >= 0.3 is 0 Å². The molecule has 0 bridgehead atoms. The van der Waals surface area contributed by atoms with Crippen LogP contribution in [0.4, 0.5) is 8.78 Å². The van der Waals surface area contributed by atoms with Gasteiger partial charge in [-0.05, 0) is 55.6 Å². The zero-order valence-electron chi connectivity index (χ0n) is 15.5. The number of hydrogen-bond acceptors (Lipinski definition) is 1. The second-order valence-corrected chi connectivity index (χ2v) is 11.7. The van der Waals surface area contributed by atoms with E-state index >= 15 is 0 Å². The van der Waals surface area contributed by atoms with E-state index in [4.69, 9.17) is 4.74 Å². The van der Waals surface area contributed by atoms with Crippen LogP contribution in [0.3, 0.4) is 0 Å². The van der Waals surface area contributed by atoms with E-state index in [0.29, 0.717) is 18.3 Å². The molecule has 2 fully saturated rings.